The van der Waals surface area contributed by atoms with Crippen LogP contribution in [0.15, 0.2) is 89.1 Å². The molecule has 0 radical (unpaired) electrons. The van der Waals surface area contributed by atoms with Crippen LogP contribution in [-0.4, -0.2) is 44.3 Å². The molecule has 2 aromatic heterocycles. The Morgan fingerprint density at radius 2 is 1.86 bits per heavy atom. The molecule has 2 aliphatic rings. The molecule has 37 heavy (non-hydrogen) atoms. The van der Waals surface area contributed by atoms with Crippen LogP contribution in [0, 0.1) is 0 Å². The molecule has 3 heterocycles. The molecule has 8 nitrogen and oxygen atoms in total. The van der Waals surface area contributed by atoms with Crippen molar-refractivity contribution in [1.82, 2.24) is 25.0 Å². The van der Waals surface area contributed by atoms with Gasteiger partial charge in [-0.3, -0.25) is 14.9 Å². The minimum Gasteiger partial charge on any atom is -0.392 e. The van der Waals surface area contributed by atoms with Crippen LogP contribution in [0.1, 0.15) is 29.9 Å². The van der Waals surface area contributed by atoms with Crippen LogP contribution in [0.25, 0.3) is 22.8 Å². The van der Waals surface area contributed by atoms with Gasteiger partial charge in [-0.15, -0.1) is 0 Å². The summed E-state index contributed by atoms with van der Waals surface area (Å²) in [6.07, 6.45) is 10.0. The van der Waals surface area contributed by atoms with Gasteiger partial charge < -0.3 is 10.3 Å². The number of aromatic nitrogens is 3. The number of nitrogens with two attached hydrogens (primary N) is 2. The van der Waals surface area contributed by atoms with E-state index in [1.807, 2.05) is 24.3 Å². The third-order valence-corrected chi connectivity index (χ3v) is 6.26. The van der Waals surface area contributed by atoms with Crippen LogP contribution in [0.4, 0.5) is 8.78 Å². The van der Waals surface area contributed by atoms with Gasteiger partial charge in [-0.1, -0.05) is 41.6 Å². The minimum atomic E-state index is -0.750. The summed E-state index contributed by atoms with van der Waals surface area (Å²) < 4.78 is 33.7. The molecule has 1 aliphatic heterocycles. The van der Waals surface area contributed by atoms with E-state index in [4.69, 9.17) is 16.1 Å². The maximum atomic E-state index is 14.8. The Morgan fingerprint density at radius 3 is 2.59 bits per heavy atom. The molecule has 1 aliphatic carbocycles. The fourth-order valence-corrected chi connectivity index (χ4v) is 4.34. The van der Waals surface area contributed by atoms with Crippen molar-refractivity contribution in [2.45, 2.75) is 25.6 Å². The third kappa shape index (κ3) is 5.50. The molecule has 1 fully saturated rings. The van der Waals surface area contributed by atoms with Crippen LogP contribution >= 0.6 is 0 Å². The van der Waals surface area contributed by atoms with Crippen molar-refractivity contribution >= 4 is 11.4 Å². The van der Waals surface area contributed by atoms with Gasteiger partial charge in [-0.2, -0.15) is 4.98 Å². The van der Waals surface area contributed by atoms with Gasteiger partial charge in [0, 0.05) is 43.2 Å². The molecule has 3 aromatic rings. The molecule has 0 amide bonds. The Labute approximate surface area is 213 Å². The normalized spacial score (nSPS) is 18.7. The van der Waals surface area contributed by atoms with Crippen LogP contribution in [-0.2, 0) is 6.54 Å². The maximum Gasteiger partial charge on any atom is 0.276 e. The van der Waals surface area contributed by atoms with E-state index in [9.17, 15) is 8.78 Å². The number of alkyl halides is 1. The van der Waals surface area contributed by atoms with Crippen LogP contribution in [0.5, 0.6) is 0 Å². The van der Waals surface area contributed by atoms with Gasteiger partial charge >= 0.3 is 0 Å². The van der Waals surface area contributed by atoms with E-state index in [-0.39, 0.29) is 23.0 Å². The molecule has 1 atom stereocenters. The predicted octanol–water partition coefficient (Wildman–Crippen LogP) is 4.33. The van der Waals surface area contributed by atoms with Crippen molar-refractivity contribution in [3.8, 4) is 11.4 Å². The quantitative estimate of drug-likeness (QED) is 0.362. The van der Waals surface area contributed by atoms with E-state index >= 15 is 0 Å². The second-order valence-corrected chi connectivity index (χ2v) is 8.88. The minimum absolute atomic E-state index is 0.0431. The van der Waals surface area contributed by atoms with Gasteiger partial charge in [0.05, 0.1) is 11.4 Å². The van der Waals surface area contributed by atoms with Crippen molar-refractivity contribution in [2.75, 3.05) is 13.1 Å². The summed E-state index contributed by atoms with van der Waals surface area (Å²) in [5.74, 6) is 6.29. The average molecular weight is 504 g/mol. The van der Waals surface area contributed by atoms with Crippen molar-refractivity contribution in [2.24, 2.45) is 11.6 Å². The zero-order chi connectivity index (χ0) is 25.8. The molecule has 10 heteroatoms. The Morgan fingerprint density at radius 1 is 1.11 bits per heavy atom. The molecular formula is C27H27F2N7O. The lowest BCUT2D eigenvalue weighted by Crippen LogP contribution is -2.30. The molecule has 0 unspecified atom stereocenters. The van der Waals surface area contributed by atoms with Gasteiger partial charge in [0.2, 0.25) is 5.82 Å². The summed E-state index contributed by atoms with van der Waals surface area (Å²) in [6.45, 7) is 1.91. The lowest BCUT2D eigenvalue weighted by atomic mass is 10.1. The first kappa shape index (κ1) is 24.5. The Kier molecular flexibility index (Phi) is 7.20. The Balaban J connectivity index is 1.45. The largest absolute Gasteiger partial charge is 0.392 e. The number of pyridine rings is 1. The standard InChI is InChI=1S/C27H27F2N7O/c28-21-12-15-35(17-21)16-18-6-8-20(9-7-18)26-33-27(37-34-26)24(30)25(19-10-13-32-14-11-19)36(31)23-5-3-1-2-4-22(23)29/h2-11,13-14,21H,1,12,15-17,30-31H2/b25-24-/t21-/m0/s1. The van der Waals surface area contributed by atoms with E-state index < -0.39 is 12.0 Å². The fraction of sp³-hybridized carbons (Fsp3) is 0.222. The molecule has 1 saturated heterocycles. The monoisotopic (exact) mass is 503 g/mol. The molecule has 4 N–H and O–H groups in total. The van der Waals surface area contributed by atoms with Gasteiger partial charge in [0.15, 0.2) is 0 Å². The number of hydrogen-bond acceptors (Lipinski definition) is 8. The first-order valence-corrected chi connectivity index (χ1v) is 12.0. The second kappa shape index (κ2) is 10.9. The summed E-state index contributed by atoms with van der Waals surface area (Å²) in [4.78, 5) is 10.6. The number of rotatable bonds is 7. The van der Waals surface area contributed by atoms with Gasteiger partial charge in [-0.25, -0.2) is 14.6 Å². The Bertz CT molecular complexity index is 1360. The summed E-state index contributed by atoms with van der Waals surface area (Å²) in [5.41, 5.74) is 9.40. The summed E-state index contributed by atoms with van der Waals surface area (Å²) in [6, 6.07) is 11.1. The lowest BCUT2D eigenvalue weighted by Gasteiger charge is -2.24. The maximum absolute atomic E-state index is 14.8. The van der Waals surface area contributed by atoms with Gasteiger partial charge in [0.1, 0.15) is 17.7 Å². The number of benzene rings is 1. The summed E-state index contributed by atoms with van der Waals surface area (Å²) in [5, 5.41) is 5.26. The van der Waals surface area contributed by atoms with Crippen LogP contribution < -0.4 is 11.6 Å². The first-order valence-electron chi connectivity index (χ1n) is 12.0. The molecule has 0 saturated carbocycles. The molecule has 1 aromatic carbocycles. The Hall–Kier alpha value is -4.15. The number of nitrogens with zero attached hydrogens (tertiary/aromatic N) is 5. The molecule has 0 bridgehead atoms. The van der Waals surface area contributed by atoms with E-state index in [0.29, 0.717) is 37.3 Å². The molecule has 0 spiro atoms. The second-order valence-electron chi connectivity index (χ2n) is 8.88. The molecular weight excluding hydrogens is 476 g/mol. The number of allylic oxidation sites excluding steroid dienone is 5. The van der Waals surface area contributed by atoms with E-state index in [2.05, 4.69) is 20.0 Å². The zero-order valence-electron chi connectivity index (χ0n) is 20.1. The van der Waals surface area contributed by atoms with E-state index in [1.54, 1.807) is 42.8 Å². The number of halogens is 2. The van der Waals surface area contributed by atoms with E-state index in [1.165, 1.54) is 11.1 Å². The first-order chi connectivity index (χ1) is 18.0. The van der Waals surface area contributed by atoms with Crippen molar-refractivity contribution in [3.63, 3.8) is 0 Å². The van der Waals surface area contributed by atoms with Crippen LogP contribution in [0.3, 0.4) is 0 Å². The van der Waals surface area contributed by atoms with E-state index in [0.717, 1.165) is 17.7 Å². The summed E-state index contributed by atoms with van der Waals surface area (Å²) in [7, 11) is 0. The van der Waals surface area contributed by atoms with Crippen LogP contribution in [0.2, 0.25) is 0 Å². The molecule has 190 valence electrons. The number of hydrazine groups is 1. The highest BCUT2D eigenvalue weighted by atomic mass is 19.1. The summed E-state index contributed by atoms with van der Waals surface area (Å²) >= 11 is 0. The average Bonchev–Trinajstić information content (AvgIpc) is 3.51. The van der Waals surface area contributed by atoms with Gasteiger partial charge in [-0.05, 0) is 42.7 Å². The van der Waals surface area contributed by atoms with Crippen molar-refractivity contribution in [1.29, 1.82) is 0 Å². The number of hydrogen-bond donors (Lipinski definition) is 2. The van der Waals surface area contributed by atoms with Crippen molar-refractivity contribution < 1.29 is 13.3 Å². The van der Waals surface area contributed by atoms with Crippen molar-refractivity contribution in [3.05, 3.63) is 102 Å². The highest BCUT2D eigenvalue weighted by Crippen LogP contribution is 2.30. The number of likely N-dealkylation sites (tertiary alicyclic amines) is 1. The highest BCUT2D eigenvalue weighted by Gasteiger charge is 2.24. The van der Waals surface area contributed by atoms with Gasteiger partial charge in [0.25, 0.3) is 5.89 Å². The lowest BCUT2D eigenvalue weighted by molar-refractivity contribution is 0.282. The third-order valence-electron chi connectivity index (χ3n) is 6.26. The highest BCUT2D eigenvalue weighted by molar-refractivity contribution is 5.86. The zero-order valence-corrected chi connectivity index (χ0v) is 20.1. The predicted molar refractivity (Wildman–Crippen MR) is 137 cm³/mol. The smallest absolute Gasteiger partial charge is 0.276 e. The topological polar surface area (TPSA) is 110 Å². The SMILES string of the molecule is N/C(=C(/c1ccncc1)N(N)C1=C(F)C=CCC=C1)c1nc(-c2ccc(CN3CC[C@H](F)C3)cc2)no1. The fourth-order valence-electron chi connectivity index (χ4n) is 4.34. The molecule has 5 rings (SSSR count).